The van der Waals surface area contributed by atoms with Crippen LogP contribution in [0.4, 0.5) is 0 Å². The van der Waals surface area contributed by atoms with Crippen LogP contribution in [0.15, 0.2) is 12.2 Å². The molecule has 1 aliphatic heterocycles. The quantitative estimate of drug-likeness (QED) is 0.487. The Bertz CT molecular complexity index is 310. The summed E-state index contributed by atoms with van der Waals surface area (Å²) in [5.41, 5.74) is 0. The van der Waals surface area contributed by atoms with Gasteiger partial charge in [-0.1, -0.05) is 0 Å². The number of esters is 2. The van der Waals surface area contributed by atoms with E-state index in [1.165, 1.54) is 7.11 Å². The van der Waals surface area contributed by atoms with Crippen molar-refractivity contribution >= 4 is 17.8 Å². The average Bonchev–Trinajstić information content (AvgIpc) is 2.61. The van der Waals surface area contributed by atoms with E-state index in [4.69, 9.17) is 4.74 Å². The van der Waals surface area contributed by atoms with Crippen LogP contribution in [-0.4, -0.2) is 37.6 Å². The Kier molecular flexibility index (Phi) is 3.84. The first-order chi connectivity index (χ1) is 7.13. The van der Waals surface area contributed by atoms with Crippen molar-refractivity contribution in [3.05, 3.63) is 12.2 Å². The van der Waals surface area contributed by atoms with Crippen LogP contribution in [0.25, 0.3) is 0 Å². The predicted molar refractivity (Wildman–Crippen MR) is 48.7 cm³/mol. The maximum Gasteiger partial charge on any atom is 0.331 e. The third-order valence-corrected chi connectivity index (χ3v) is 1.81. The van der Waals surface area contributed by atoms with Gasteiger partial charge in [-0.25, -0.2) is 9.59 Å². The van der Waals surface area contributed by atoms with Crippen molar-refractivity contribution in [2.75, 3.05) is 13.7 Å². The molecule has 6 heteroatoms. The van der Waals surface area contributed by atoms with Gasteiger partial charge in [-0.3, -0.25) is 4.79 Å². The molecule has 0 saturated carbocycles. The van der Waals surface area contributed by atoms with E-state index in [1.54, 1.807) is 0 Å². The topological polar surface area (TPSA) is 81.7 Å². The molecule has 1 rings (SSSR count). The van der Waals surface area contributed by atoms with Crippen LogP contribution in [0, 0.1) is 0 Å². The van der Waals surface area contributed by atoms with Crippen molar-refractivity contribution in [2.45, 2.75) is 12.5 Å². The molecule has 0 bridgehead atoms. The van der Waals surface area contributed by atoms with E-state index >= 15 is 0 Å². The van der Waals surface area contributed by atoms with E-state index in [-0.39, 0.29) is 5.91 Å². The molecule has 1 N–H and O–H groups in total. The highest BCUT2D eigenvalue weighted by molar-refractivity contribution is 5.93. The Labute approximate surface area is 86.2 Å². The van der Waals surface area contributed by atoms with Crippen LogP contribution in [0.3, 0.4) is 0 Å². The number of amides is 1. The summed E-state index contributed by atoms with van der Waals surface area (Å²) in [6.45, 7) is 0.498. The summed E-state index contributed by atoms with van der Waals surface area (Å²) in [6.07, 6.45) is 1.57. The van der Waals surface area contributed by atoms with Gasteiger partial charge in [0, 0.05) is 25.1 Å². The third-order valence-electron chi connectivity index (χ3n) is 1.81. The molecule has 1 amide bonds. The van der Waals surface area contributed by atoms with Gasteiger partial charge < -0.3 is 14.8 Å². The molecule has 1 aliphatic rings. The molecule has 0 unspecified atom stereocenters. The second-order valence-electron chi connectivity index (χ2n) is 2.86. The third kappa shape index (κ3) is 3.41. The van der Waals surface area contributed by atoms with Gasteiger partial charge in [-0.2, -0.15) is 0 Å². The predicted octanol–water partition coefficient (Wildman–Crippen LogP) is -0.853. The molecular weight excluding hydrogens is 202 g/mol. The van der Waals surface area contributed by atoms with Crippen molar-refractivity contribution in [3.8, 4) is 0 Å². The number of nitrogens with one attached hydrogen (secondary N) is 1. The first-order valence-corrected chi connectivity index (χ1v) is 4.38. The molecule has 0 aromatic rings. The van der Waals surface area contributed by atoms with Crippen molar-refractivity contribution in [1.82, 2.24) is 5.32 Å². The zero-order valence-electron chi connectivity index (χ0n) is 8.19. The lowest BCUT2D eigenvalue weighted by molar-refractivity contribution is -0.149. The lowest BCUT2D eigenvalue weighted by Crippen LogP contribution is -2.27. The summed E-state index contributed by atoms with van der Waals surface area (Å²) < 4.78 is 9.05. The molecule has 1 fully saturated rings. The minimum Gasteiger partial charge on any atom is -0.466 e. The minimum absolute atomic E-state index is 0.310. The van der Waals surface area contributed by atoms with Crippen LogP contribution in [0.1, 0.15) is 6.42 Å². The monoisotopic (exact) mass is 213 g/mol. The smallest absolute Gasteiger partial charge is 0.331 e. The Morgan fingerprint density at radius 2 is 2.07 bits per heavy atom. The van der Waals surface area contributed by atoms with E-state index in [0.717, 1.165) is 12.2 Å². The maximum absolute atomic E-state index is 11.1. The summed E-state index contributed by atoms with van der Waals surface area (Å²) in [5, 5.41) is 2.52. The Morgan fingerprint density at radius 3 is 2.60 bits per heavy atom. The molecule has 82 valence electrons. The summed E-state index contributed by atoms with van der Waals surface area (Å²) in [6, 6.07) is 0. The van der Waals surface area contributed by atoms with E-state index in [0.29, 0.717) is 13.0 Å². The molecule has 6 nitrogen and oxygen atoms in total. The summed E-state index contributed by atoms with van der Waals surface area (Å²) in [5.74, 6) is -1.69. The summed E-state index contributed by atoms with van der Waals surface area (Å²) >= 11 is 0. The number of rotatable bonds is 3. The lowest BCUT2D eigenvalue weighted by atomic mass is 10.3. The minimum atomic E-state index is -0.750. The first-order valence-electron chi connectivity index (χ1n) is 4.38. The van der Waals surface area contributed by atoms with Crippen molar-refractivity contribution in [1.29, 1.82) is 0 Å². The van der Waals surface area contributed by atoms with Gasteiger partial charge >= 0.3 is 11.9 Å². The molecule has 1 heterocycles. The fourth-order valence-electron chi connectivity index (χ4n) is 1.07. The standard InChI is InChI=1S/C9H11NO5/c1-14-7(11)2-3-8(12)15-6-4-5-10-9(6)13/h2-3,6H,4-5H2,1H3,(H,10,13)/b3-2+/t6-/m0/s1. The van der Waals surface area contributed by atoms with E-state index in [9.17, 15) is 14.4 Å². The van der Waals surface area contributed by atoms with E-state index < -0.39 is 18.0 Å². The summed E-state index contributed by atoms with van der Waals surface area (Å²) in [7, 11) is 1.20. The molecule has 0 aliphatic carbocycles. The maximum atomic E-state index is 11.1. The number of carbonyl (C=O) groups excluding carboxylic acids is 3. The highest BCUT2D eigenvalue weighted by atomic mass is 16.5. The van der Waals surface area contributed by atoms with Gasteiger partial charge in [0.25, 0.3) is 5.91 Å². The van der Waals surface area contributed by atoms with Gasteiger partial charge in [0.2, 0.25) is 0 Å². The molecule has 0 radical (unpaired) electrons. The van der Waals surface area contributed by atoms with Crippen molar-refractivity contribution in [2.24, 2.45) is 0 Å². The number of carbonyl (C=O) groups is 3. The Balaban J connectivity index is 2.39. The van der Waals surface area contributed by atoms with Crippen LogP contribution in [0.2, 0.25) is 0 Å². The van der Waals surface area contributed by atoms with Crippen LogP contribution in [-0.2, 0) is 23.9 Å². The largest absolute Gasteiger partial charge is 0.466 e. The molecule has 0 aromatic carbocycles. The molecule has 15 heavy (non-hydrogen) atoms. The molecule has 1 atom stereocenters. The fraction of sp³-hybridized carbons (Fsp3) is 0.444. The number of hydrogen-bond acceptors (Lipinski definition) is 5. The van der Waals surface area contributed by atoms with E-state index in [2.05, 4.69) is 10.1 Å². The Morgan fingerprint density at radius 1 is 1.40 bits per heavy atom. The number of ether oxygens (including phenoxy) is 2. The second-order valence-corrected chi connectivity index (χ2v) is 2.86. The highest BCUT2D eigenvalue weighted by Gasteiger charge is 2.26. The number of hydrogen-bond donors (Lipinski definition) is 1. The van der Waals surface area contributed by atoms with Crippen LogP contribution < -0.4 is 5.32 Å². The average molecular weight is 213 g/mol. The SMILES string of the molecule is COC(=O)/C=C/C(=O)O[C@H]1CCNC1=O. The second kappa shape index (κ2) is 5.14. The molecule has 0 aromatic heterocycles. The van der Waals surface area contributed by atoms with Gasteiger partial charge in [0.15, 0.2) is 6.10 Å². The number of methoxy groups -OCH3 is 1. The van der Waals surface area contributed by atoms with Crippen molar-refractivity contribution < 1.29 is 23.9 Å². The van der Waals surface area contributed by atoms with Gasteiger partial charge in [0.1, 0.15) is 0 Å². The zero-order chi connectivity index (χ0) is 11.3. The van der Waals surface area contributed by atoms with Gasteiger partial charge in [-0.05, 0) is 0 Å². The Hall–Kier alpha value is -1.85. The molecular formula is C9H11NO5. The first kappa shape index (κ1) is 11.2. The zero-order valence-corrected chi connectivity index (χ0v) is 8.19. The lowest BCUT2D eigenvalue weighted by Gasteiger charge is -2.05. The van der Waals surface area contributed by atoms with Gasteiger partial charge in [0.05, 0.1) is 7.11 Å². The highest BCUT2D eigenvalue weighted by Crippen LogP contribution is 2.05. The molecule has 0 spiro atoms. The van der Waals surface area contributed by atoms with Gasteiger partial charge in [-0.15, -0.1) is 0 Å². The van der Waals surface area contributed by atoms with Crippen LogP contribution in [0.5, 0.6) is 0 Å². The normalized spacial score (nSPS) is 20.1. The fourth-order valence-corrected chi connectivity index (χ4v) is 1.07. The van der Waals surface area contributed by atoms with Crippen molar-refractivity contribution in [3.63, 3.8) is 0 Å². The van der Waals surface area contributed by atoms with Crippen LogP contribution >= 0.6 is 0 Å². The summed E-state index contributed by atoms with van der Waals surface area (Å²) in [4.78, 5) is 32.7. The van der Waals surface area contributed by atoms with E-state index in [1.807, 2.05) is 0 Å². The molecule has 1 saturated heterocycles.